The van der Waals surface area contributed by atoms with E-state index in [1.165, 1.54) is 6.21 Å². The number of carbonyl (C=O) groups is 1. The number of benzene rings is 1. The Morgan fingerprint density at radius 1 is 1.22 bits per heavy atom. The van der Waals surface area contributed by atoms with E-state index in [9.17, 15) is 27.5 Å². The van der Waals surface area contributed by atoms with Crippen molar-refractivity contribution >= 4 is 12.0 Å². The largest absolute Gasteiger partial charge is 0.511 e. The van der Waals surface area contributed by atoms with Crippen molar-refractivity contribution in [2.75, 3.05) is 6.54 Å². The van der Waals surface area contributed by atoms with Crippen LogP contribution in [0.2, 0.25) is 0 Å². The van der Waals surface area contributed by atoms with Gasteiger partial charge < -0.3 is 5.11 Å². The molecule has 0 heterocycles. The molecule has 0 amide bonds. The molecule has 1 aromatic carbocycles. The Balaban J connectivity index is 2.13. The van der Waals surface area contributed by atoms with Crippen molar-refractivity contribution in [2.24, 2.45) is 4.99 Å². The van der Waals surface area contributed by atoms with Crippen LogP contribution in [0.3, 0.4) is 0 Å². The number of unbranched alkanes of at least 4 members (excludes halogenated alkanes) is 3. The van der Waals surface area contributed by atoms with Crippen molar-refractivity contribution in [1.82, 2.24) is 0 Å². The highest BCUT2D eigenvalue weighted by molar-refractivity contribution is 6.14. The first-order chi connectivity index (χ1) is 12.7. The van der Waals surface area contributed by atoms with Crippen LogP contribution in [0, 0.1) is 5.82 Å². The normalized spacial score (nSPS) is 18.6. The third-order valence-corrected chi connectivity index (χ3v) is 4.61. The molecular formula is C20H23F4NO2. The van der Waals surface area contributed by atoms with Crippen LogP contribution in [0.4, 0.5) is 17.6 Å². The lowest BCUT2D eigenvalue weighted by Crippen LogP contribution is -2.20. The predicted molar refractivity (Wildman–Crippen MR) is 95.5 cm³/mol. The van der Waals surface area contributed by atoms with Gasteiger partial charge in [0, 0.05) is 31.5 Å². The molecule has 27 heavy (non-hydrogen) atoms. The fraction of sp³-hybridized carbons (Fsp3) is 0.500. The molecule has 3 nitrogen and oxygen atoms in total. The summed E-state index contributed by atoms with van der Waals surface area (Å²) < 4.78 is 52.6. The summed E-state index contributed by atoms with van der Waals surface area (Å²) in [5, 5.41) is 10.2. The quantitative estimate of drug-likeness (QED) is 0.369. The number of Topliss-reactive ketones (excluding diaryl/α,β-unsaturated/α-hetero) is 1. The van der Waals surface area contributed by atoms with Crippen molar-refractivity contribution in [3.05, 3.63) is 46.5 Å². The first kappa shape index (κ1) is 21.1. The van der Waals surface area contributed by atoms with Gasteiger partial charge in [0.15, 0.2) is 5.78 Å². The lowest BCUT2D eigenvalue weighted by Gasteiger charge is -2.23. The van der Waals surface area contributed by atoms with Crippen molar-refractivity contribution in [2.45, 2.75) is 57.5 Å². The van der Waals surface area contributed by atoms with Gasteiger partial charge in [0.05, 0.1) is 11.1 Å². The van der Waals surface area contributed by atoms with E-state index in [2.05, 4.69) is 11.9 Å². The zero-order valence-electron chi connectivity index (χ0n) is 15.2. The Kier molecular flexibility index (Phi) is 7.16. The van der Waals surface area contributed by atoms with Crippen molar-refractivity contribution in [3.63, 3.8) is 0 Å². The van der Waals surface area contributed by atoms with E-state index in [0.717, 1.165) is 31.7 Å². The Hall–Kier alpha value is -2.18. The molecule has 2 rings (SSSR count). The lowest BCUT2D eigenvalue weighted by atomic mass is 9.82. The number of aliphatic hydroxyl groups is 1. The van der Waals surface area contributed by atoms with Crippen molar-refractivity contribution in [3.8, 4) is 0 Å². The highest BCUT2D eigenvalue weighted by atomic mass is 19.4. The second kappa shape index (κ2) is 9.15. The van der Waals surface area contributed by atoms with Gasteiger partial charge in [-0.15, -0.1) is 0 Å². The molecule has 0 fully saturated rings. The smallest absolute Gasteiger partial charge is 0.416 e. The lowest BCUT2D eigenvalue weighted by molar-refractivity contribution is -0.137. The summed E-state index contributed by atoms with van der Waals surface area (Å²) in [5.74, 6) is -2.36. The standard InChI is InChI=1S/C20H23F4NO2/c1-2-3-4-5-8-25-12-16-18(26)9-13(10-19(16)27)15-11-14(20(22,23)24)6-7-17(15)21/h6-7,11-13,26H,2-5,8-10H2,1H3. The molecule has 1 aliphatic rings. The molecule has 0 saturated heterocycles. The molecule has 148 valence electrons. The Morgan fingerprint density at radius 2 is 1.96 bits per heavy atom. The van der Waals surface area contributed by atoms with Gasteiger partial charge in [0.2, 0.25) is 0 Å². The van der Waals surface area contributed by atoms with Crippen LogP contribution < -0.4 is 0 Å². The maximum absolute atomic E-state index is 14.0. The minimum Gasteiger partial charge on any atom is -0.511 e. The van der Waals surface area contributed by atoms with Gasteiger partial charge in [0.1, 0.15) is 11.6 Å². The fourth-order valence-corrected chi connectivity index (χ4v) is 3.10. The minimum atomic E-state index is -4.60. The summed E-state index contributed by atoms with van der Waals surface area (Å²) in [7, 11) is 0. The topological polar surface area (TPSA) is 49.7 Å². The van der Waals surface area contributed by atoms with E-state index >= 15 is 0 Å². The number of hydrogen-bond acceptors (Lipinski definition) is 3. The van der Waals surface area contributed by atoms with E-state index in [-0.39, 0.29) is 29.7 Å². The second-order valence-corrected chi connectivity index (χ2v) is 6.72. The van der Waals surface area contributed by atoms with Crippen LogP contribution >= 0.6 is 0 Å². The minimum absolute atomic E-state index is 0.0640. The maximum Gasteiger partial charge on any atom is 0.416 e. The molecule has 7 heteroatoms. The molecular weight excluding hydrogens is 362 g/mol. The molecule has 1 N–H and O–H groups in total. The number of rotatable bonds is 7. The predicted octanol–water partition coefficient (Wildman–Crippen LogP) is 5.75. The number of nitrogens with zero attached hydrogens (tertiary/aromatic N) is 1. The van der Waals surface area contributed by atoms with Gasteiger partial charge in [-0.3, -0.25) is 9.79 Å². The number of ketones is 1. The van der Waals surface area contributed by atoms with Gasteiger partial charge >= 0.3 is 6.18 Å². The van der Waals surface area contributed by atoms with Gasteiger partial charge in [-0.2, -0.15) is 13.2 Å². The van der Waals surface area contributed by atoms with Crippen LogP contribution in [0.25, 0.3) is 0 Å². The molecule has 0 spiro atoms. The molecule has 0 aliphatic heterocycles. The molecule has 1 atom stereocenters. The number of carbonyl (C=O) groups excluding carboxylic acids is 1. The monoisotopic (exact) mass is 385 g/mol. The summed E-state index contributed by atoms with van der Waals surface area (Å²) in [4.78, 5) is 16.4. The summed E-state index contributed by atoms with van der Waals surface area (Å²) >= 11 is 0. The third kappa shape index (κ3) is 5.65. The molecule has 0 aromatic heterocycles. The van der Waals surface area contributed by atoms with Gasteiger partial charge in [-0.05, 0) is 30.2 Å². The van der Waals surface area contributed by atoms with Crippen LogP contribution in [-0.4, -0.2) is 23.6 Å². The van der Waals surface area contributed by atoms with Gasteiger partial charge in [0.25, 0.3) is 0 Å². The van der Waals surface area contributed by atoms with Crippen LogP contribution in [-0.2, 0) is 11.0 Å². The maximum atomic E-state index is 14.0. The summed E-state index contributed by atoms with van der Waals surface area (Å²) in [5.41, 5.74) is -1.12. The molecule has 1 aromatic rings. The Morgan fingerprint density at radius 3 is 2.59 bits per heavy atom. The summed E-state index contributed by atoms with van der Waals surface area (Å²) in [6, 6.07) is 2.12. The zero-order valence-corrected chi connectivity index (χ0v) is 15.2. The first-order valence-corrected chi connectivity index (χ1v) is 9.05. The number of hydrogen-bond donors (Lipinski definition) is 1. The van der Waals surface area contributed by atoms with Crippen LogP contribution in [0.1, 0.15) is 62.5 Å². The average Bonchev–Trinajstić information content (AvgIpc) is 2.59. The highest BCUT2D eigenvalue weighted by Gasteiger charge is 2.34. The average molecular weight is 385 g/mol. The van der Waals surface area contributed by atoms with E-state index in [1.807, 2.05) is 0 Å². The van der Waals surface area contributed by atoms with Gasteiger partial charge in [-0.25, -0.2) is 4.39 Å². The molecule has 0 bridgehead atoms. The highest BCUT2D eigenvalue weighted by Crippen LogP contribution is 2.37. The Bertz CT molecular complexity index is 738. The van der Waals surface area contributed by atoms with E-state index in [1.54, 1.807) is 0 Å². The number of halogens is 4. The third-order valence-electron chi connectivity index (χ3n) is 4.61. The number of alkyl halides is 3. The molecule has 1 aliphatic carbocycles. The molecule has 0 radical (unpaired) electrons. The number of allylic oxidation sites excluding steroid dienone is 2. The second-order valence-electron chi connectivity index (χ2n) is 6.72. The Labute approximate surface area is 155 Å². The van der Waals surface area contributed by atoms with Gasteiger partial charge in [-0.1, -0.05) is 26.2 Å². The number of aliphatic hydroxyl groups excluding tert-OH is 1. The first-order valence-electron chi connectivity index (χ1n) is 9.05. The van der Waals surface area contributed by atoms with E-state index in [4.69, 9.17) is 0 Å². The number of aliphatic imine (C=N–C) groups is 1. The summed E-state index contributed by atoms with van der Waals surface area (Å²) in [6.45, 7) is 2.63. The summed E-state index contributed by atoms with van der Waals surface area (Å²) in [6.07, 6.45) is 0.570. The SMILES string of the molecule is CCCCCCN=CC1=C(O)CC(c2cc(C(F)(F)F)ccc2F)CC1=O. The van der Waals surface area contributed by atoms with Crippen LogP contribution in [0.15, 0.2) is 34.5 Å². The molecule has 1 unspecified atom stereocenters. The van der Waals surface area contributed by atoms with Crippen LogP contribution in [0.5, 0.6) is 0 Å². The van der Waals surface area contributed by atoms with Crippen molar-refractivity contribution < 1.29 is 27.5 Å². The molecule has 0 saturated carbocycles. The van der Waals surface area contributed by atoms with Crippen molar-refractivity contribution in [1.29, 1.82) is 0 Å². The zero-order chi connectivity index (χ0) is 20.0. The van der Waals surface area contributed by atoms with E-state index in [0.29, 0.717) is 18.7 Å². The van der Waals surface area contributed by atoms with E-state index < -0.39 is 29.3 Å². The fourth-order valence-electron chi connectivity index (χ4n) is 3.10.